The number of allylic oxidation sites excluding steroid dienone is 2. The highest BCUT2D eigenvalue weighted by Gasteiger charge is 1.89. The lowest BCUT2D eigenvalue weighted by atomic mass is 10.6. The van der Waals surface area contributed by atoms with Crippen LogP contribution in [0, 0.1) is 0 Å². The lowest BCUT2D eigenvalue weighted by Crippen LogP contribution is -1.61. The highest BCUT2D eigenvalue weighted by Crippen LogP contribution is 2.16. The summed E-state index contributed by atoms with van der Waals surface area (Å²) in [5.41, 5.74) is 1.16. The number of rotatable bonds is 1. The van der Waals surface area contributed by atoms with Crippen molar-refractivity contribution in [1.29, 1.82) is 0 Å². The van der Waals surface area contributed by atoms with Gasteiger partial charge in [0.1, 0.15) is 0 Å². The van der Waals surface area contributed by atoms with Crippen LogP contribution in [0.5, 0.6) is 0 Å². The summed E-state index contributed by atoms with van der Waals surface area (Å²) in [6, 6.07) is 0. The minimum atomic E-state index is 0.261. The fraction of sp³-hybridized carbons (Fsp3) is 0. The zero-order chi connectivity index (χ0) is 5.86. The molecule has 0 N–H and O–H groups in total. The first-order chi connectivity index (χ1) is 3.18. The van der Waals surface area contributed by atoms with E-state index in [0.717, 1.165) is 5.54 Å². The Morgan fingerprint density at radius 3 is 1.86 bits per heavy atom. The van der Waals surface area contributed by atoms with Crippen molar-refractivity contribution < 1.29 is 0 Å². The predicted molar refractivity (Wildman–Crippen MR) is 34.8 cm³/mol. The van der Waals surface area contributed by atoms with Gasteiger partial charge in [-0.15, -0.1) is 0 Å². The van der Waals surface area contributed by atoms with Gasteiger partial charge in [0.2, 0.25) is 0 Å². The van der Waals surface area contributed by atoms with E-state index in [-0.39, 0.29) is 10.1 Å². The van der Waals surface area contributed by atoms with Gasteiger partial charge in [0.25, 0.3) is 0 Å². The minimum Gasteiger partial charge on any atom is -0.0913 e. The second-order valence-corrected chi connectivity index (χ2v) is 1.94. The number of halogens is 3. The molecule has 0 spiro atoms. The third-order valence-electron chi connectivity index (χ3n) is 0.355. The second-order valence-electron chi connectivity index (χ2n) is 0.862. The molecule has 0 unspecified atom stereocenters. The summed E-state index contributed by atoms with van der Waals surface area (Å²) >= 11 is 15.7. The van der Waals surface area contributed by atoms with E-state index in [1.807, 2.05) is 0 Å². The Kier molecular flexibility index (Phi) is 3.53. The van der Waals surface area contributed by atoms with Crippen LogP contribution >= 0.6 is 34.8 Å². The van der Waals surface area contributed by atoms with Gasteiger partial charge < -0.3 is 0 Å². The van der Waals surface area contributed by atoms with Gasteiger partial charge in [-0.05, 0) is 0 Å². The summed E-state index contributed by atoms with van der Waals surface area (Å²) < 4.78 is 0. The summed E-state index contributed by atoms with van der Waals surface area (Å²) in [5.74, 6) is 0. The van der Waals surface area contributed by atoms with Crippen LogP contribution < -0.4 is 0 Å². The van der Waals surface area contributed by atoms with E-state index in [1.54, 1.807) is 0 Å². The van der Waals surface area contributed by atoms with Crippen molar-refractivity contribution in [3.05, 3.63) is 22.2 Å². The van der Waals surface area contributed by atoms with E-state index in [9.17, 15) is 0 Å². The van der Waals surface area contributed by atoms with Crippen LogP contribution in [0.3, 0.4) is 0 Å². The van der Waals surface area contributed by atoms with Crippen LogP contribution in [0.1, 0.15) is 0 Å². The maximum atomic E-state index is 5.30. The smallest absolute Gasteiger partial charge is 0.0699 e. The van der Waals surface area contributed by atoms with E-state index in [2.05, 4.69) is 6.58 Å². The normalized spacial score (nSPS) is 11.6. The fourth-order valence-electron chi connectivity index (χ4n) is 0.0592. The molecule has 0 aliphatic rings. The maximum absolute atomic E-state index is 5.30. The van der Waals surface area contributed by atoms with Crippen LogP contribution in [-0.2, 0) is 0 Å². The number of hydrogen-bond donors (Lipinski definition) is 0. The quantitative estimate of drug-likeness (QED) is 0.513. The second kappa shape index (κ2) is 3.36. The van der Waals surface area contributed by atoms with Crippen molar-refractivity contribution in [2.45, 2.75) is 0 Å². The summed E-state index contributed by atoms with van der Waals surface area (Å²) in [6.07, 6.45) is 0. The SMILES string of the molecule is C=C(Cl)/C(Cl)=C\Cl. The highest BCUT2D eigenvalue weighted by molar-refractivity contribution is 6.46. The Labute approximate surface area is 57.4 Å². The Bertz CT molecular complexity index is 104. The van der Waals surface area contributed by atoms with Gasteiger partial charge in [-0.2, -0.15) is 0 Å². The third kappa shape index (κ3) is 2.98. The van der Waals surface area contributed by atoms with Crippen LogP contribution in [0.25, 0.3) is 0 Å². The molecule has 0 aliphatic heterocycles. The van der Waals surface area contributed by atoms with Crippen LogP contribution in [0.15, 0.2) is 22.2 Å². The minimum absolute atomic E-state index is 0.261. The Morgan fingerprint density at radius 2 is 1.86 bits per heavy atom. The largest absolute Gasteiger partial charge is 0.0913 e. The van der Waals surface area contributed by atoms with Gasteiger partial charge in [-0.3, -0.25) is 0 Å². The lowest BCUT2D eigenvalue weighted by molar-refractivity contribution is 1.92. The molecule has 0 heterocycles. The molecule has 3 heteroatoms. The molecule has 0 saturated carbocycles. The summed E-state index contributed by atoms with van der Waals surface area (Å²) in [5, 5.41) is 0.542. The monoisotopic (exact) mass is 156 g/mol. The summed E-state index contributed by atoms with van der Waals surface area (Å²) in [7, 11) is 0. The van der Waals surface area contributed by atoms with E-state index in [0.29, 0.717) is 0 Å². The zero-order valence-corrected chi connectivity index (χ0v) is 5.69. The van der Waals surface area contributed by atoms with Gasteiger partial charge in [-0.1, -0.05) is 41.4 Å². The van der Waals surface area contributed by atoms with Crippen molar-refractivity contribution in [3.63, 3.8) is 0 Å². The number of hydrogen-bond acceptors (Lipinski definition) is 0. The first kappa shape index (κ1) is 7.35. The molecule has 0 aromatic carbocycles. The molecule has 0 nitrogen and oxygen atoms in total. The first-order valence-electron chi connectivity index (χ1n) is 1.49. The molecular weight excluding hydrogens is 154 g/mol. The molecule has 40 valence electrons. The Balaban J connectivity index is 3.82. The molecular formula is C4H3Cl3. The van der Waals surface area contributed by atoms with E-state index >= 15 is 0 Å². The Morgan fingerprint density at radius 1 is 1.43 bits per heavy atom. The molecule has 0 aromatic rings. The standard InChI is InChI=1S/C4H3Cl3/c1-3(6)4(7)2-5/h2H,1H2/b4-2+. The zero-order valence-electron chi connectivity index (χ0n) is 3.42. The Hall–Kier alpha value is 0.350. The molecule has 0 amide bonds. The van der Waals surface area contributed by atoms with Crippen molar-refractivity contribution in [1.82, 2.24) is 0 Å². The third-order valence-corrected chi connectivity index (χ3v) is 1.32. The summed E-state index contributed by atoms with van der Waals surface area (Å²) in [6.45, 7) is 3.31. The van der Waals surface area contributed by atoms with Crippen LogP contribution in [-0.4, -0.2) is 0 Å². The first-order valence-corrected chi connectivity index (χ1v) is 2.68. The average Bonchev–Trinajstić information content (AvgIpc) is 1.65. The molecule has 7 heavy (non-hydrogen) atoms. The predicted octanol–water partition coefficient (Wildman–Crippen LogP) is 3.06. The molecule has 0 fully saturated rings. The maximum Gasteiger partial charge on any atom is 0.0699 e. The highest BCUT2D eigenvalue weighted by atomic mass is 35.5. The van der Waals surface area contributed by atoms with Gasteiger partial charge in [0, 0.05) is 5.54 Å². The van der Waals surface area contributed by atoms with Crippen molar-refractivity contribution in [2.75, 3.05) is 0 Å². The molecule has 0 rings (SSSR count). The van der Waals surface area contributed by atoms with Gasteiger partial charge in [0.15, 0.2) is 0 Å². The molecule has 0 aromatic heterocycles. The average molecular weight is 157 g/mol. The van der Waals surface area contributed by atoms with E-state index < -0.39 is 0 Å². The van der Waals surface area contributed by atoms with Crippen molar-refractivity contribution in [2.24, 2.45) is 0 Å². The molecule has 0 bridgehead atoms. The lowest BCUT2D eigenvalue weighted by Gasteiger charge is -1.84. The summed E-state index contributed by atoms with van der Waals surface area (Å²) in [4.78, 5) is 0. The van der Waals surface area contributed by atoms with E-state index in [1.165, 1.54) is 0 Å². The van der Waals surface area contributed by atoms with Crippen molar-refractivity contribution in [3.8, 4) is 0 Å². The van der Waals surface area contributed by atoms with Crippen LogP contribution in [0.4, 0.5) is 0 Å². The molecule has 0 radical (unpaired) electrons. The van der Waals surface area contributed by atoms with Gasteiger partial charge >= 0.3 is 0 Å². The van der Waals surface area contributed by atoms with Crippen LogP contribution in [0.2, 0.25) is 0 Å². The van der Waals surface area contributed by atoms with E-state index in [4.69, 9.17) is 34.8 Å². The van der Waals surface area contributed by atoms with Crippen molar-refractivity contribution >= 4 is 34.8 Å². The fourth-order valence-corrected chi connectivity index (χ4v) is 0.301. The molecule has 0 aliphatic carbocycles. The topological polar surface area (TPSA) is 0 Å². The van der Waals surface area contributed by atoms with Gasteiger partial charge in [0.05, 0.1) is 10.1 Å². The molecule has 0 saturated heterocycles. The van der Waals surface area contributed by atoms with Gasteiger partial charge in [-0.25, -0.2) is 0 Å². The molecule has 0 atom stereocenters.